The van der Waals surface area contributed by atoms with Crippen molar-refractivity contribution >= 4 is 17.7 Å². The van der Waals surface area contributed by atoms with Crippen molar-refractivity contribution < 1.29 is 19.8 Å². The topological polar surface area (TPSA) is 98.7 Å². The van der Waals surface area contributed by atoms with Gasteiger partial charge in [0.15, 0.2) is 5.60 Å². The Kier molecular flexibility index (Phi) is 5.10. The number of rotatable bonds is 5. The van der Waals surface area contributed by atoms with E-state index in [0.29, 0.717) is 5.69 Å². The molecule has 0 aromatic heterocycles. The number of aliphatic hydroxyl groups is 1. The zero-order chi connectivity index (χ0) is 15.3. The van der Waals surface area contributed by atoms with E-state index in [9.17, 15) is 14.7 Å². The molecule has 1 atom stereocenters. The summed E-state index contributed by atoms with van der Waals surface area (Å²) < 4.78 is 0. The van der Waals surface area contributed by atoms with Gasteiger partial charge >= 0.3 is 12.0 Å². The van der Waals surface area contributed by atoms with Crippen LogP contribution < -0.4 is 10.6 Å². The Balaban J connectivity index is 2.71. The summed E-state index contributed by atoms with van der Waals surface area (Å²) in [6.45, 7) is 4.61. The molecule has 0 aliphatic rings. The molecule has 0 aliphatic carbocycles. The van der Waals surface area contributed by atoms with E-state index in [0.717, 1.165) is 24.5 Å². The number of hydrogen-bond acceptors (Lipinski definition) is 3. The van der Waals surface area contributed by atoms with Crippen molar-refractivity contribution in [3.05, 3.63) is 29.3 Å². The smallest absolute Gasteiger partial charge is 0.337 e. The molecule has 0 fully saturated rings. The summed E-state index contributed by atoms with van der Waals surface area (Å²) in [7, 11) is 0. The van der Waals surface area contributed by atoms with Crippen LogP contribution in [0.2, 0.25) is 0 Å². The van der Waals surface area contributed by atoms with E-state index in [1.807, 2.05) is 32.0 Å². The average Bonchev–Trinajstić information content (AvgIpc) is 2.38. The number of carbonyl (C=O) groups excluding carboxylic acids is 1. The standard InChI is InChI=1S/C14H20N2O4/c1-4-10-7-5-6-9(2)11(10)16-13(19)15-8-14(3,20)12(17)18/h5-7,20H,4,8H2,1-3H3,(H,17,18)(H2,15,16,19). The van der Waals surface area contributed by atoms with Crippen molar-refractivity contribution in [2.45, 2.75) is 32.8 Å². The predicted molar refractivity (Wildman–Crippen MR) is 75.8 cm³/mol. The second-order valence-corrected chi connectivity index (χ2v) is 4.85. The number of anilines is 1. The van der Waals surface area contributed by atoms with Crippen molar-refractivity contribution in [2.75, 3.05) is 11.9 Å². The Morgan fingerprint density at radius 3 is 2.55 bits per heavy atom. The molecule has 0 bridgehead atoms. The Morgan fingerprint density at radius 2 is 2.00 bits per heavy atom. The first-order valence-electron chi connectivity index (χ1n) is 6.37. The highest BCUT2D eigenvalue weighted by Crippen LogP contribution is 2.20. The summed E-state index contributed by atoms with van der Waals surface area (Å²) >= 11 is 0. The highest BCUT2D eigenvalue weighted by molar-refractivity contribution is 5.91. The van der Waals surface area contributed by atoms with E-state index >= 15 is 0 Å². The molecule has 2 amide bonds. The van der Waals surface area contributed by atoms with Crippen molar-refractivity contribution in [1.29, 1.82) is 0 Å². The van der Waals surface area contributed by atoms with E-state index in [-0.39, 0.29) is 6.54 Å². The molecule has 1 aromatic carbocycles. The van der Waals surface area contributed by atoms with Crippen molar-refractivity contribution in [3.8, 4) is 0 Å². The molecule has 20 heavy (non-hydrogen) atoms. The van der Waals surface area contributed by atoms with Crippen LogP contribution in [0.4, 0.5) is 10.5 Å². The van der Waals surface area contributed by atoms with Gasteiger partial charge in [-0.3, -0.25) is 0 Å². The lowest BCUT2D eigenvalue weighted by molar-refractivity contribution is -0.155. The monoisotopic (exact) mass is 280 g/mol. The molecule has 6 heteroatoms. The molecule has 1 unspecified atom stereocenters. The maximum Gasteiger partial charge on any atom is 0.337 e. The number of aliphatic carboxylic acids is 1. The number of carbonyl (C=O) groups is 2. The number of carboxylic acid groups (broad SMARTS) is 1. The molecular formula is C14H20N2O4. The molecule has 0 spiro atoms. The van der Waals surface area contributed by atoms with Crippen molar-refractivity contribution in [1.82, 2.24) is 5.32 Å². The number of carboxylic acids is 1. The minimum Gasteiger partial charge on any atom is -0.479 e. The molecule has 1 aromatic rings. The fourth-order valence-electron chi connectivity index (χ4n) is 1.69. The van der Waals surface area contributed by atoms with Gasteiger partial charge in [-0.05, 0) is 31.4 Å². The average molecular weight is 280 g/mol. The van der Waals surface area contributed by atoms with Gasteiger partial charge in [0.2, 0.25) is 0 Å². The van der Waals surface area contributed by atoms with Crippen molar-refractivity contribution in [2.24, 2.45) is 0 Å². The lowest BCUT2D eigenvalue weighted by Gasteiger charge is -2.19. The minimum absolute atomic E-state index is 0.374. The van der Waals surface area contributed by atoms with E-state index in [1.54, 1.807) is 0 Å². The summed E-state index contributed by atoms with van der Waals surface area (Å²) in [6.07, 6.45) is 0.768. The third-order valence-electron chi connectivity index (χ3n) is 3.03. The number of nitrogens with one attached hydrogen (secondary N) is 2. The van der Waals surface area contributed by atoms with Crippen LogP contribution in [0.25, 0.3) is 0 Å². The molecule has 6 nitrogen and oxygen atoms in total. The van der Waals surface area contributed by atoms with Crippen LogP contribution in [0.1, 0.15) is 25.0 Å². The number of benzene rings is 1. The summed E-state index contributed by atoms with van der Waals surface area (Å²) in [5, 5.41) is 23.3. The van der Waals surface area contributed by atoms with E-state index in [2.05, 4.69) is 10.6 Å². The first-order chi connectivity index (χ1) is 9.27. The van der Waals surface area contributed by atoms with Crippen LogP contribution in [0.5, 0.6) is 0 Å². The summed E-state index contributed by atoms with van der Waals surface area (Å²) in [5.41, 5.74) is 0.633. The second kappa shape index (κ2) is 6.38. The fourth-order valence-corrected chi connectivity index (χ4v) is 1.69. The molecule has 0 saturated carbocycles. The Hall–Kier alpha value is -2.08. The number of para-hydroxylation sites is 1. The molecule has 110 valence electrons. The predicted octanol–water partition coefficient (Wildman–Crippen LogP) is 1.51. The number of urea groups is 1. The quantitative estimate of drug-likeness (QED) is 0.657. The van der Waals surface area contributed by atoms with Gasteiger partial charge in [-0.1, -0.05) is 25.1 Å². The molecule has 0 heterocycles. The van der Waals surface area contributed by atoms with Gasteiger partial charge in [-0.15, -0.1) is 0 Å². The van der Waals surface area contributed by atoms with Gasteiger partial charge in [0.05, 0.1) is 6.54 Å². The molecule has 1 rings (SSSR count). The van der Waals surface area contributed by atoms with Gasteiger partial charge in [-0.25, -0.2) is 9.59 Å². The van der Waals surface area contributed by atoms with Gasteiger partial charge in [0, 0.05) is 5.69 Å². The molecule has 0 radical (unpaired) electrons. The van der Waals surface area contributed by atoms with Crippen molar-refractivity contribution in [3.63, 3.8) is 0 Å². The Bertz CT molecular complexity index is 512. The van der Waals surface area contributed by atoms with Crippen LogP contribution in [-0.4, -0.2) is 34.4 Å². The van der Waals surface area contributed by atoms with E-state index in [1.165, 1.54) is 0 Å². The second-order valence-electron chi connectivity index (χ2n) is 4.85. The maximum atomic E-state index is 11.8. The van der Waals surface area contributed by atoms with Gasteiger partial charge in [-0.2, -0.15) is 0 Å². The highest BCUT2D eigenvalue weighted by atomic mass is 16.4. The number of amides is 2. The zero-order valence-electron chi connectivity index (χ0n) is 11.9. The zero-order valence-corrected chi connectivity index (χ0v) is 11.9. The lowest BCUT2D eigenvalue weighted by Crippen LogP contribution is -2.47. The minimum atomic E-state index is -1.99. The first-order valence-corrected chi connectivity index (χ1v) is 6.37. The molecule has 0 aliphatic heterocycles. The summed E-state index contributed by atoms with van der Waals surface area (Å²) in [6, 6.07) is 5.15. The Morgan fingerprint density at radius 1 is 1.35 bits per heavy atom. The van der Waals surface area contributed by atoms with Gasteiger partial charge in [0.25, 0.3) is 0 Å². The molecule has 4 N–H and O–H groups in total. The third kappa shape index (κ3) is 3.96. The number of aryl methyl sites for hydroxylation is 2. The molecule has 0 saturated heterocycles. The summed E-state index contributed by atoms with van der Waals surface area (Å²) in [4.78, 5) is 22.5. The first kappa shape index (κ1) is 16.0. The SMILES string of the molecule is CCc1cccc(C)c1NC(=O)NCC(C)(O)C(=O)O. The highest BCUT2D eigenvalue weighted by Gasteiger charge is 2.30. The largest absolute Gasteiger partial charge is 0.479 e. The van der Waals surface area contributed by atoms with Gasteiger partial charge in [0.1, 0.15) is 0 Å². The van der Waals surface area contributed by atoms with Crippen LogP contribution in [0.15, 0.2) is 18.2 Å². The summed E-state index contributed by atoms with van der Waals surface area (Å²) in [5.74, 6) is -1.39. The van der Waals surface area contributed by atoms with Crippen LogP contribution in [0, 0.1) is 6.92 Å². The Labute approximate surface area is 117 Å². The lowest BCUT2D eigenvalue weighted by atomic mass is 10.1. The van der Waals surface area contributed by atoms with E-state index < -0.39 is 17.6 Å². The van der Waals surface area contributed by atoms with E-state index in [4.69, 9.17) is 5.11 Å². The number of hydrogen-bond donors (Lipinski definition) is 4. The van der Waals surface area contributed by atoms with Gasteiger partial charge < -0.3 is 20.8 Å². The normalized spacial score (nSPS) is 13.4. The van der Waals surface area contributed by atoms with Crippen LogP contribution in [0.3, 0.4) is 0 Å². The fraction of sp³-hybridized carbons (Fsp3) is 0.429. The molecular weight excluding hydrogens is 260 g/mol. The van der Waals surface area contributed by atoms with Crippen LogP contribution >= 0.6 is 0 Å². The van der Waals surface area contributed by atoms with Crippen LogP contribution in [-0.2, 0) is 11.2 Å². The third-order valence-corrected chi connectivity index (χ3v) is 3.03. The maximum absolute atomic E-state index is 11.8.